The zero-order valence-corrected chi connectivity index (χ0v) is 21.5. The summed E-state index contributed by atoms with van der Waals surface area (Å²) in [6, 6.07) is 20.3. The summed E-state index contributed by atoms with van der Waals surface area (Å²) in [4.78, 5) is 9.52. The van der Waals surface area contributed by atoms with Crippen molar-refractivity contribution < 1.29 is 4.74 Å². The smallest absolute Gasteiger partial charge is 0.113 e. The van der Waals surface area contributed by atoms with Crippen LogP contribution in [0.3, 0.4) is 0 Å². The number of nitrogens with zero attached hydrogens (tertiary/aromatic N) is 3. The quantitative estimate of drug-likeness (QED) is 0.357. The molecule has 35 heavy (non-hydrogen) atoms. The second kappa shape index (κ2) is 12.7. The molecule has 0 spiro atoms. The number of halogens is 1. The molecule has 2 heterocycles. The Balaban J connectivity index is 1.29. The number of methoxy groups -OCH3 is 1. The molecule has 1 fully saturated rings. The predicted octanol–water partition coefficient (Wildman–Crippen LogP) is 6.13. The molecule has 0 atom stereocenters. The number of aromatic nitrogens is 1. The van der Waals surface area contributed by atoms with Crippen LogP contribution in [0.1, 0.15) is 37.4 Å². The maximum absolute atomic E-state index is 5.98. The van der Waals surface area contributed by atoms with Gasteiger partial charge in [0, 0.05) is 61.3 Å². The van der Waals surface area contributed by atoms with Gasteiger partial charge in [-0.15, -0.1) is 0 Å². The molecule has 1 aromatic heterocycles. The van der Waals surface area contributed by atoms with Gasteiger partial charge in [-0.1, -0.05) is 35.7 Å². The van der Waals surface area contributed by atoms with Crippen LogP contribution < -0.4 is 4.90 Å². The third kappa shape index (κ3) is 7.32. The van der Waals surface area contributed by atoms with E-state index in [1.807, 2.05) is 49.7 Å². The van der Waals surface area contributed by atoms with Crippen LogP contribution in [-0.2, 0) is 4.74 Å². The number of piperidine rings is 1. The largest absolute Gasteiger partial charge is 0.381 e. The molecule has 0 saturated carbocycles. The lowest BCUT2D eigenvalue weighted by Gasteiger charge is -2.32. The minimum absolute atomic E-state index is 0.449. The van der Waals surface area contributed by atoms with Crippen LogP contribution in [0.15, 0.2) is 66.9 Å². The van der Waals surface area contributed by atoms with Gasteiger partial charge in [0.25, 0.3) is 0 Å². The highest BCUT2D eigenvalue weighted by Gasteiger charge is 2.18. The first-order valence-corrected chi connectivity index (χ1v) is 12.9. The number of anilines is 1. The van der Waals surface area contributed by atoms with Crippen LogP contribution in [0.2, 0.25) is 5.02 Å². The van der Waals surface area contributed by atoms with Crippen molar-refractivity contribution in [2.75, 3.05) is 44.7 Å². The molecule has 4 rings (SSSR count). The minimum atomic E-state index is 0.449. The van der Waals surface area contributed by atoms with E-state index in [9.17, 15) is 0 Å². The highest BCUT2D eigenvalue weighted by atomic mass is 35.5. The second-order valence-electron chi connectivity index (χ2n) is 8.95. The van der Waals surface area contributed by atoms with Gasteiger partial charge in [-0.3, -0.25) is 0 Å². The molecular formula is C30H34ClN3O. The predicted molar refractivity (Wildman–Crippen MR) is 146 cm³/mol. The van der Waals surface area contributed by atoms with Crippen molar-refractivity contribution in [2.24, 2.45) is 0 Å². The third-order valence-electron chi connectivity index (χ3n) is 6.66. The van der Waals surface area contributed by atoms with Gasteiger partial charge in [0.05, 0.1) is 6.10 Å². The van der Waals surface area contributed by atoms with Crippen molar-refractivity contribution in [3.63, 3.8) is 0 Å². The number of ether oxygens (including phenoxy) is 1. The lowest BCUT2D eigenvalue weighted by atomic mass is 10.1. The Morgan fingerprint density at radius 2 is 1.69 bits per heavy atom. The van der Waals surface area contributed by atoms with E-state index in [4.69, 9.17) is 16.3 Å². The summed E-state index contributed by atoms with van der Waals surface area (Å²) >= 11 is 5.98. The van der Waals surface area contributed by atoms with E-state index >= 15 is 0 Å². The Bertz CT molecular complexity index is 1110. The van der Waals surface area contributed by atoms with Crippen molar-refractivity contribution in [1.82, 2.24) is 9.88 Å². The van der Waals surface area contributed by atoms with Crippen LogP contribution in [0.5, 0.6) is 0 Å². The Morgan fingerprint density at radius 1 is 0.971 bits per heavy atom. The number of hydrogen-bond donors (Lipinski definition) is 0. The van der Waals surface area contributed by atoms with E-state index in [0.717, 1.165) is 73.0 Å². The molecule has 5 heteroatoms. The molecule has 0 unspecified atom stereocenters. The fraction of sp³-hybridized carbons (Fsp3) is 0.367. The average Bonchev–Trinajstić information content (AvgIpc) is 2.91. The van der Waals surface area contributed by atoms with Gasteiger partial charge < -0.3 is 14.5 Å². The normalized spacial score (nSPS) is 14.4. The number of benzene rings is 2. The van der Waals surface area contributed by atoms with Gasteiger partial charge in [-0.2, -0.15) is 0 Å². The van der Waals surface area contributed by atoms with Crippen molar-refractivity contribution in [3.05, 3.63) is 83.1 Å². The van der Waals surface area contributed by atoms with Gasteiger partial charge >= 0.3 is 0 Å². The van der Waals surface area contributed by atoms with Gasteiger partial charge in [0.1, 0.15) is 5.69 Å². The summed E-state index contributed by atoms with van der Waals surface area (Å²) in [6.45, 7) is 7.74. The van der Waals surface area contributed by atoms with Gasteiger partial charge in [-0.05, 0) is 86.7 Å². The molecule has 4 nitrogen and oxygen atoms in total. The van der Waals surface area contributed by atoms with E-state index in [0.29, 0.717) is 6.10 Å². The third-order valence-corrected chi connectivity index (χ3v) is 6.91. The summed E-state index contributed by atoms with van der Waals surface area (Å²) in [5.41, 5.74) is 5.15. The van der Waals surface area contributed by atoms with E-state index in [-0.39, 0.29) is 0 Å². The molecule has 182 valence electrons. The summed E-state index contributed by atoms with van der Waals surface area (Å²) in [6.07, 6.45) is 5.78. The number of hydrogen-bond acceptors (Lipinski definition) is 4. The van der Waals surface area contributed by atoms with Gasteiger partial charge in [-0.25, -0.2) is 4.98 Å². The van der Waals surface area contributed by atoms with Crippen molar-refractivity contribution >= 4 is 17.3 Å². The summed E-state index contributed by atoms with van der Waals surface area (Å²) in [5, 5.41) is 0.732. The van der Waals surface area contributed by atoms with Crippen LogP contribution in [0, 0.1) is 11.8 Å². The first kappa shape index (κ1) is 25.3. The Hall–Kier alpha value is -2.84. The molecular weight excluding hydrogens is 454 g/mol. The zero-order chi connectivity index (χ0) is 24.5. The lowest BCUT2D eigenvalue weighted by molar-refractivity contribution is 0.0410. The van der Waals surface area contributed by atoms with Crippen LogP contribution in [0.25, 0.3) is 11.1 Å². The topological polar surface area (TPSA) is 28.6 Å². The number of pyridine rings is 1. The maximum atomic E-state index is 5.98. The molecule has 1 aliphatic rings. The fourth-order valence-corrected chi connectivity index (χ4v) is 4.62. The number of likely N-dealkylation sites (tertiary alicyclic amines) is 1. The lowest BCUT2D eigenvalue weighted by Crippen LogP contribution is -2.38. The molecule has 0 radical (unpaired) electrons. The van der Waals surface area contributed by atoms with Crippen molar-refractivity contribution in [3.8, 4) is 23.0 Å². The van der Waals surface area contributed by atoms with E-state index in [1.165, 1.54) is 12.1 Å². The Labute approximate surface area is 214 Å². The highest BCUT2D eigenvalue weighted by molar-refractivity contribution is 6.30. The first-order valence-electron chi connectivity index (χ1n) is 12.5. The minimum Gasteiger partial charge on any atom is -0.381 e. The van der Waals surface area contributed by atoms with Crippen molar-refractivity contribution in [2.45, 2.75) is 32.3 Å². The number of rotatable bonds is 8. The van der Waals surface area contributed by atoms with E-state index < -0.39 is 0 Å². The monoisotopic (exact) mass is 487 g/mol. The van der Waals surface area contributed by atoms with Crippen LogP contribution in [-0.4, -0.2) is 55.8 Å². The van der Waals surface area contributed by atoms with Gasteiger partial charge in [0.15, 0.2) is 0 Å². The van der Waals surface area contributed by atoms with Crippen molar-refractivity contribution in [1.29, 1.82) is 0 Å². The van der Waals surface area contributed by atoms with Crippen LogP contribution in [0.4, 0.5) is 5.69 Å². The molecule has 1 saturated heterocycles. The van der Waals surface area contributed by atoms with Crippen LogP contribution >= 0.6 is 11.6 Å². The molecule has 0 N–H and O–H groups in total. The molecule has 3 aromatic rings. The standard InChI is InChI=1S/C30H34ClN3O/c1-3-34(20-4-19-33-21-17-30(35-2)18-22-33)29-15-6-24(7-16-29)5-13-28-14-10-26(23-32-28)25-8-11-27(31)12-9-25/h6-12,14-16,23,30H,3-4,17-22H2,1-2H3. The molecule has 0 bridgehead atoms. The molecule has 2 aromatic carbocycles. The Morgan fingerprint density at radius 3 is 2.31 bits per heavy atom. The second-order valence-corrected chi connectivity index (χ2v) is 9.38. The summed E-state index contributed by atoms with van der Waals surface area (Å²) in [7, 11) is 1.83. The van der Waals surface area contributed by atoms with E-state index in [1.54, 1.807) is 0 Å². The molecule has 0 aliphatic carbocycles. The molecule has 0 amide bonds. The fourth-order valence-electron chi connectivity index (χ4n) is 4.50. The van der Waals surface area contributed by atoms with Gasteiger partial charge in [0.2, 0.25) is 0 Å². The van der Waals surface area contributed by atoms with E-state index in [2.05, 4.69) is 57.8 Å². The SMILES string of the molecule is CCN(CCCN1CCC(OC)CC1)c1ccc(C#Cc2ccc(-c3ccc(Cl)cc3)cn2)cc1. The Kier molecular flexibility index (Phi) is 9.20. The first-order chi connectivity index (χ1) is 17.1. The zero-order valence-electron chi connectivity index (χ0n) is 20.7. The average molecular weight is 488 g/mol. The summed E-state index contributed by atoms with van der Waals surface area (Å²) in [5.74, 6) is 6.42. The molecule has 1 aliphatic heterocycles. The highest BCUT2D eigenvalue weighted by Crippen LogP contribution is 2.21. The summed E-state index contributed by atoms with van der Waals surface area (Å²) < 4.78 is 5.48. The maximum Gasteiger partial charge on any atom is 0.113 e.